The number of nitrogens with zero attached hydrogens (tertiary/aromatic N) is 2. The Morgan fingerprint density at radius 3 is 2.80 bits per heavy atom. The molecule has 15 heavy (non-hydrogen) atoms. The lowest BCUT2D eigenvalue weighted by Gasteiger charge is -2.43. The Morgan fingerprint density at radius 2 is 2.33 bits per heavy atom. The minimum atomic E-state index is -0.790. The molecular weight excluding hydrogens is 188 g/mol. The summed E-state index contributed by atoms with van der Waals surface area (Å²) < 4.78 is 0. The smallest absolute Gasteiger partial charge is 0.156 e. The van der Waals surface area contributed by atoms with Crippen LogP contribution >= 0.6 is 0 Å². The summed E-state index contributed by atoms with van der Waals surface area (Å²) in [4.78, 5) is 1.99. The van der Waals surface area contributed by atoms with E-state index < -0.39 is 11.6 Å². The average molecular weight is 208 g/mol. The quantitative estimate of drug-likeness (QED) is 0.718. The molecule has 0 fully saturated rings. The molecule has 3 heteroatoms. The van der Waals surface area contributed by atoms with E-state index in [2.05, 4.69) is 12.1 Å². The molecule has 0 bridgehead atoms. The van der Waals surface area contributed by atoms with E-state index in [1.165, 1.54) is 0 Å². The van der Waals surface area contributed by atoms with Crippen LogP contribution < -0.4 is 0 Å². The lowest BCUT2D eigenvalue weighted by molar-refractivity contribution is 0.0314. The Kier molecular flexibility index (Phi) is 3.90. The lowest BCUT2D eigenvalue weighted by Crippen LogP contribution is -2.57. The minimum absolute atomic E-state index is 0.598. The van der Waals surface area contributed by atoms with Crippen LogP contribution in [-0.4, -0.2) is 35.2 Å². The van der Waals surface area contributed by atoms with E-state index in [0.29, 0.717) is 6.42 Å². The number of likely N-dealkylation sites (N-methyl/N-ethyl adjacent to an activating group) is 1. The van der Waals surface area contributed by atoms with E-state index in [-0.39, 0.29) is 0 Å². The van der Waals surface area contributed by atoms with Gasteiger partial charge in [-0.3, -0.25) is 4.90 Å². The number of hydrogen-bond acceptors (Lipinski definition) is 3. The Labute approximate surface area is 92.0 Å². The zero-order valence-corrected chi connectivity index (χ0v) is 9.82. The summed E-state index contributed by atoms with van der Waals surface area (Å²) in [6.45, 7) is 4.80. The fourth-order valence-electron chi connectivity index (χ4n) is 2.42. The van der Waals surface area contributed by atoms with Crippen molar-refractivity contribution in [3.05, 3.63) is 11.6 Å². The largest absolute Gasteiger partial charge is 0.390 e. The summed E-state index contributed by atoms with van der Waals surface area (Å²) in [5, 5.41) is 19.5. The molecule has 1 aliphatic heterocycles. The molecule has 2 atom stereocenters. The summed E-state index contributed by atoms with van der Waals surface area (Å²) in [7, 11) is 1.92. The van der Waals surface area contributed by atoms with E-state index >= 15 is 0 Å². The molecule has 2 unspecified atom stereocenters. The highest BCUT2D eigenvalue weighted by atomic mass is 16.3. The first-order chi connectivity index (χ1) is 7.13. The summed E-state index contributed by atoms with van der Waals surface area (Å²) in [5.74, 6) is 0. The van der Waals surface area contributed by atoms with Gasteiger partial charge >= 0.3 is 0 Å². The molecule has 3 nitrogen and oxygen atoms in total. The van der Waals surface area contributed by atoms with Crippen LogP contribution in [0.25, 0.3) is 0 Å². The molecule has 1 aliphatic rings. The van der Waals surface area contributed by atoms with Gasteiger partial charge in [0, 0.05) is 6.54 Å². The third kappa shape index (κ3) is 1.80. The van der Waals surface area contributed by atoms with Gasteiger partial charge in [-0.1, -0.05) is 19.9 Å². The van der Waals surface area contributed by atoms with Gasteiger partial charge in [0.25, 0.3) is 0 Å². The fourth-order valence-corrected chi connectivity index (χ4v) is 2.42. The number of nitriles is 1. The van der Waals surface area contributed by atoms with Crippen LogP contribution in [0.15, 0.2) is 11.6 Å². The van der Waals surface area contributed by atoms with Crippen molar-refractivity contribution in [2.75, 3.05) is 13.6 Å². The molecular formula is C12H20N2O. The van der Waals surface area contributed by atoms with Crippen molar-refractivity contribution in [3.8, 4) is 6.07 Å². The second kappa shape index (κ2) is 4.78. The van der Waals surface area contributed by atoms with E-state index in [9.17, 15) is 10.4 Å². The standard InChI is InChI=1S/C12H20N2O/c1-4-10-7-6-8-14(3)12(10,9-13)11(15)5-2/h7,11,15H,4-6,8H2,1-3H3. The van der Waals surface area contributed by atoms with E-state index in [4.69, 9.17) is 0 Å². The normalized spacial score (nSPS) is 29.4. The average Bonchev–Trinajstić information content (AvgIpc) is 2.27. The molecule has 0 saturated heterocycles. The Balaban J connectivity index is 3.17. The highest BCUT2D eigenvalue weighted by molar-refractivity contribution is 5.35. The van der Waals surface area contributed by atoms with Gasteiger partial charge < -0.3 is 5.11 Å². The van der Waals surface area contributed by atoms with Crippen molar-refractivity contribution in [2.24, 2.45) is 0 Å². The predicted molar refractivity (Wildman–Crippen MR) is 60.3 cm³/mol. The molecule has 0 saturated carbocycles. The van der Waals surface area contributed by atoms with E-state index in [1.807, 2.05) is 25.8 Å². The second-order valence-electron chi connectivity index (χ2n) is 4.10. The van der Waals surface area contributed by atoms with Crippen molar-refractivity contribution >= 4 is 0 Å². The van der Waals surface area contributed by atoms with Crippen LogP contribution in [0.1, 0.15) is 33.1 Å². The third-order valence-corrected chi connectivity index (χ3v) is 3.37. The maximum atomic E-state index is 10.1. The number of hydrogen-bond donors (Lipinski definition) is 1. The zero-order valence-electron chi connectivity index (χ0n) is 9.82. The molecule has 1 rings (SSSR count). The van der Waals surface area contributed by atoms with Crippen LogP contribution in [-0.2, 0) is 0 Å². The van der Waals surface area contributed by atoms with Crippen molar-refractivity contribution in [1.82, 2.24) is 4.90 Å². The van der Waals surface area contributed by atoms with E-state index in [0.717, 1.165) is 25.0 Å². The molecule has 1 N–H and O–H groups in total. The predicted octanol–water partition coefficient (Wildman–Crippen LogP) is 1.69. The Hall–Kier alpha value is -0.850. The van der Waals surface area contributed by atoms with Crippen LogP contribution in [0.4, 0.5) is 0 Å². The summed E-state index contributed by atoms with van der Waals surface area (Å²) >= 11 is 0. The monoisotopic (exact) mass is 208 g/mol. The minimum Gasteiger partial charge on any atom is -0.390 e. The number of rotatable bonds is 3. The summed E-state index contributed by atoms with van der Waals surface area (Å²) in [5.41, 5.74) is 0.273. The van der Waals surface area contributed by atoms with Gasteiger partial charge in [-0.15, -0.1) is 0 Å². The van der Waals surface area contributed by atoms with Gasteiger partial charge in [0.2, 0.25) is 0 Å². The summed E-state index contributed by atoms with van der Waals surface area (Å²) in [6.07, 6.45) is 3.92. The summed E-state index contributed by atoms with van der Waals surface area (Å²) in [6, 6.07) is 2.33. The van der Waals surface area contributed by atoms with Crippen LogP contribution in [0.5, 0.6) is 0 Å². The third-order valence-electron chi connectivity index (χ3n) is 3.37. The van der Waals surface area contributed by atoms with Crippen LogP contribution in [0.2, 0.25) is 0 Å². The molecule has 0 amide bonds. The topological polar surface area (TPSA) is 47.3 Å². The molecule has 0 aliphatic carbocycles. The molecule has 0 aromatic rings. The second-order valence-corrected chi connectivity index (χ2v) is 4.10. The SMILES string of the molecule is CCC1=CCCN(C)C1(C#N)C(O)CC. The lowest BCUT2D eigenvalue weighted by atomic mass is 9.78. The molecule has 1 heterocycles. The van der Waals surface area contributed by atoms with E-state index in [1.54, 1.807) is 0 Å². The fraction of sp³-hybridized carbons (Fsp3) is 0.750. The highest BCUT2D eigenvalue weighted by Crippen LogP contribution is 2.34. The van der Waals surface area contributed by atoms with Crippen LogP contribution in [0.3, 0.4) is 0 Å². The maximum absolute atomic E-state index is 10.1. The van der Waals surface area contributed by atoms with Gasteiger partial charge in [-0.25, -0.2) is 0 Å². The van der Waals surface area contributed by atoms with Crippen molar-refractivity contribution < 1.29 is 5.11 Å². The first kappa shape index (κ1) is 12.2. The molecule has 0 radical (unpaired) electrons. The molecule has 0 aromatic carbocycles. The molecule has 84 valence electrons. The van der Waals surface area contributed by atoms with Gasteiger partial charge in [-0.05, 0) is 31.9 Å². The van der Waals surface area contributed by atoms with Gasteiger partial charge in [0.1, 0.15) is 0 Å². The van der Waals surface area contributed by atoms with Crippen molar-refractivity contribution in [3.63, 3.8) is 0 Å². The highest BCUT2D eigenvalue weighted by Gasteiger charge is 2.45. The number of aliphatic hydroxyl groups is 1. The van der Waals surface area contributed by atoms with Crippen molar-refractivity contribution in [2.45, 2.75) is 44.8 Å². The molecule has 0 spiro atoms. The van der Waals surface area contributed by atoms with Gasteiger partial charge in [0.15, 0.2) is 5.54 Å². The first-order valence-corrected chi connectivity index (χ1v) is 5.63. The zero-order chi connectivity index (χ0) is 11.5. The Morgan fingerprint density at radius 1 is 1.67 bits per heavy atom. The van der Waals surface area contributed by atoms with Crippen molar-refractivity contribution in [1.29, 1.82) is 5.26 Å². The maximum Gasteiger partial charge on any atom is 0.156 e. The molecule has 0 aromatic heterocycles. The Bertz CT molecular complexity index is 292. The van der Waals surface area contributed by atoms with Gasteiger partial charge in [-0.2, -0.15) is 5.26 Å². The number of aliphatic hydroxyl groups excluding tert-OH is 1. The first-order valence-electron chi connectivity index (χ1n) is 5.63. The van der Waals surface area contributed by atoms with Gasteiger partial charge in [0.05, 0.1) is 12.2 Å². The van der Waals surface area contributed by atoms with Crippen LogP contribution in [0, 0.1) is 11.3 Å².